The van der Waals surface area contributed by atoms with E-state index < -0.39 is 5.60 Å². The zero-order chi connectivity index (χ0) is 19.2. The SMILES string of the molecule is O[C@H]1CCC[C@H]1CCOC(c1ccccc1)(c1ccccc1)c1ccccc1. The lowest BCUT2D eigenvalue weighted by atomic mass is 9.80. The van der Waals surface area contributed by atoms with Gasteiger partial charge in [0.15, 0.2) is 0 Å². The molecule has 4 rings (SSSR count). The molecule has 0 spiro atoms. The Labute approximate surface area is 167 Å². The van der Waals surface area contributed by atoms with Gasteiger partial charge in [0.1, 0.15) is 5.60 Å². The summed E-state index contributed by atoms with van der Waals surface area (Å²) in [6, 6.07) is 31.4. The van der Waals surface area contributed by atoms with Crippen LogP contribution in [-0.2, 0) is 10.3 Å². The van der Waals surface area contributed by atoms with Gasteiger partial charge in [-0.1, -0.05) is 97.4 Å². The number of aliphatic hydroxyl groups excluding tert-OH is 1. The molecule has 0 amide bonds. The number of ether oxygens (including phenoxy) is 1. The van der Waals surface area contributed by atoms with Gasteiger partial charge in [0, 0.05) is 6.61 Å². The third-order valence-electron chi connectivity index (χ3n) is 5.97. The van der Waals surface area contributed by atoms with Gasteiger partial charge in [-0.25, -0.2) is 0 Å². The molecule has 0 saturated heterocycles. The molecular weight excluding hydrogens is 344 g/mol. The minimum Gasteiger partial charge on any atom is -0.393 e. The molecule has 0 aliphatic heterocycles. The summed E-state index contributed by atoms with van der Waals surface area (Å²) in [7, 11) is 0. The van der Waals surface area contributed by atoms with E-state index in [1.165, 1.54) is 0 Å². The Balaban J connectivity index is 1.74. The Morgan fingerprint density at radius 2 is 1.18 bits per heavy atom. The van der Waals surface area contributed by atoms with Crippen molar-refractivity contribution in [1.82, 2.24) is 0 Å². The summed E-state index contributed by atoms with van der Waals surface area (Å²) in [5.74, 6) is 0.347. The summed E-state index contributed by atoms with van der Waals surface area (Å²) >= 11 is 0. The van der Waals surface area contributed by atoms with E-state index in [4.69, 9.17) is 4.74 Å². The number of benzene rings is 3. The molecule has 0 bridgehead atoms. The van der Waals surface area contributed by atoms with Crippen molar-refractivity contribution in [2.45, 2.75) is 37.4 Å². The molecule has 1 aliphatic rings. The van der Waals surface area contributed by atoms with E-state index in [0.29, 0.717) is 12.5 Å². The van der Waals surface area contributed by atoms with Crippen molar-refractivity contribution in [2.75, 3.05) is 6.61 Å². The molecule has 1 saturated carbocycles. The van der Waals surface area contributed by atoms with E-state index >= 15 is 0 Å². The van der Waals surface area contributed by atoms with Crippen molar-refractivity contribution >= 4 is 0 Å². The van der Waals surface area contributed by atoms with Crippen LogP contribution in [0.5, 0.6) is 0 Å². The van der Waals surface area contributed by atoms with E-state index in [2.05, 4.69) is 72.8 Å². The van der Waals surface area contributed by atoms with Gasteiger partial charge >= 0.3 is 0 Å². The zero-order valence-electron chi connectivity index (χ0n) is 16.2. The minimum atomic E-state index is -0.659. The lowest BCUT2D eigenvalue weighted by Gasteiger charge is -2.36. The van der Waals surface area contributed by atoms with E-state index in [0.717, 1.165) is 42.4 Å². The van der Waals surface area contributed by atoms with Crippen LogP contribution in [0.1, 0.15) is 42.4 Å². The van der Waals surface area contributed by atoms with Crippen molar-refractivity contribution in [1.29, 1.82) is 0 Å². The molecule has 1 aliphatic carbocycles. The molecular formula is C26H28O2. The standard InChI is InChI=1S/C26H28O2/c27-25-18-10-11-21(25)19-20-28-26(22-12-4-1-5-13-22,23-14-6-2-7-15-23)24-16-8-3-9-17-24/h1-9,12-17,21,25,27H,10-11,18-20H2/t21-,25-/m0/s1. The lowest BCUT2D eigenvalue weighted by molar-refractivity contribution is -0.00247. The van der Waals surface area contributed by atoms with Crippen molar-refractivity contribution in [3.8, 4) is 0 Å². The van der Waals surface area contributed by atoms with E-state index in [9.17, 15) is 5.11 Å². The first-order valence-electron chi connectivity index (χ1n) is 10.3. The summed E-state index contributed by atoms with van der Waals surface area (Å²) in [5.41, 5.74) is 2.71. The molecule has 0 heterocycles. The number of hydrogen-bond donors (Lipinski definition) is 1. The van der Waals surface area contributed by atoms with Gasteiger partial charge in [-0.15, -0.1) is 0 Å². The smallest absolute Gasteiger partial charge is 0.143 e. The third kappa shape index (κ3) is 3.76. The average Bonchev–Trinajstić information content (AvgIpc) is 3.18. The first-order chi connectivity index (χ1) is 13.8. The van der Waals surface area contributed by atoms with Crippen LogP contribution in [0, 0.1) is 5.92 Å². The van der Waals surface area contributed by atoms with Crippen LogP contribution in [0.15, 0.2) is 91.0 Å². The van der Waals surface area contributed by atoms with Crippen LogP contribution >= 0.6 is 0 Å². The zero-order valence-corrected chi connectivity index (χ0v) is 16.2. The second kappa shape index (κ2) is 8.72. The second-order valence-corrected chi connectivity index (χ2v) is 7.67. The van der Waals surface area contributed by atoms with Crippen LogP contribution in [0.25, 0.3) is 0 Å². The van der Waals surface area contributed by atoms with Crippen LogP contribution in [0.3, 0.4) is 0 Å². The van der Waals surface area contributed by atoms with Gasteiger partial charge in [-0.05, 0) is 41.9 Å². The van der Waals surface area contributed by atoms with Gasteiger partial charge in [0.25, 0.3) is 0 Å². The van der Waals surface area contributed by atoms with E-state index in [-0.39, 0.29) is 6.10 Å². The molecule has 0 unspecified atom stereocenters. The predicted molar refractivity (Wildman–Crippen MR) is 113 cm³/mol. The molecule has 144 valence electrons. The van der Waals surface area contributed by atoms with Gasteiger partial charge in [-0.3, -0.25) is 0 Å². The maximum Gasteiger partial charge on any atom is 0.143 e. The van der Waals surface area contributed by atoms with Gasteiger partial charge < -0.3 is 9.84 Å². The number of rotatable bonds is 7. The molecule has 1 N–H and O–H groups in total. The first kappa shape index (κ1) is 18.9. The predicted octanol–water partition coefficient (Wildman–Crippen LogP) is 5.55. The van der Waals surface area contributed by atoms with E-state index in [1.54, 1.807) is 0 Å². The Bertz CT molecular complexity index is 749. The van der Waals surface area contributed by atoms with Crippen molar-refractivity contribution in [3.63, 3.8) is 0 Å². The molecule has 28 heavy (non-hydrogen) atoms. The number of aliphatic hydroxyl groups is 1. The Morgan fingerprint density at radius 3 is 1.57 bits per heavy atom. The molecule has 0 aromatic heterocycles. The topological polar surface area (TPSA) is 29.5 Å². The quantitative estimate of drug-likeness (QED) is 0.551. The van der Waals surface area contributed by atoms with Gasteiger partial charge in [-0.2, -0.15) is 0 Å². The highest BCUT2D eigenvalue weighted by atomic mass is 16.5. The van der Waals surface area contributed by atoms with Crippen molar-refractivity contribution in [3.05, 3.63) is 108 Å². The maximum absolute atomic E-state index is 10.2. The van der Waals surface area contributed by atoms with E-state index in [1.807, 2.05) is 18.2 Å². The highest BCUT2D eigenvalue weighted by Crippen LogP contribution is 2.41. The third-order valence-corrected chi connectivity index (χ3v) is 5.97. The summed E-state index contributed by atoms with van der Waals surface area (Å²) in [6.45, 7) is 0.612. The summed E-state index contributed by atoms with van der Waals surface area (Å²) in [6.07, 6.45) is 3.84. The maximum atomic E-state index is 10.2. The molecule has 2 heteroatoms. The fraction of sp³-hybridized carbons (Fsp3) is 0.308. The molecule has 1 fully saturated rings. The second-order valence-electron chi connectivity index (χ2n) is 7.67. The largest absolute Gasteiger partial charge is 0.393 e. The first-order valence-corrected chi connectivity index (χ1v) is 10.3. The highest BCUT2D eigenvalue weighted by Gasteiger charge is 2.38. The Morgan fingerprint density at radius 1 is 0.714 bits per heavy atom. The molecule has 0 radical (unpaired) electrons. The number of hydrogen-bond acceptors (Lipinski definition) is 2. The van der Waals surface area contributed by atoms with Crippen molar-refractivity contribution in [2.24, 2.45) is 5.92 Å². The van der Waals surface area contributed by atoms with Crippen molar-refractivity contribution < 1.29 is 9.84 Å². The van der Waals surface area contributed by atoms with Crippen LogP contribution in [0.4, 0.5) is 0 Å². The molecule has 3 aromatic rings. The van der Waals surface area contributed by atoms with Gasteiger partial charge in [0.2, 0.25) is 0 Å². The summed E-state index contributed by atoms with van der Waals surface area (Å²) in [4.78, 5) is 0. The molecule has 2 nitrogen and oxygen atoms in total. The fourth-order valence-corrected chi connectivity index (χ4v) is 4.49. The Kier molecular flexibility index (Phi) is 5.90. The fourth-order valence-electron chi connectivity index (χ4n) is 4.49. The van der Waals surface area contributed by atoms with Crippen LogP contribution in [-0.4, -0.2) is 17.8 Å². The molecule has 2 atom stereocenters. The lowest BCUT2D eigenvalue weighted by Crippen LogP contribution is -2.34. The molecule has 3 aromatic carbocycles. The summed E-state index contributed by atoms with van der Waals surface area (Å²) < 4.78 is 6.79. The normalized spacial score (nSPS) is 19.6. The van der Waals surface area contributed by atoms with Crippen LogP contribution < -0.4 is 0 Å². The summed E-state index contributed by atoms with van der Waals surface area (Å²) in [5, 5.41) is 10.2. The van der Waals surface area contributed by atoms with Gasteiger partial charge in [0.05, 0.1) is 6.10 Å². The van der Waals surface area contributed by atoms with Crippen LogP contribution in [0.2, 0.25) is 0 Å². The average molecular weight is 373 g/mol. The Hall–Kier alpha value is -2.42. The minimum absolute atomic E-state index is 0.178. The highest BCUT2D eigenvalue weighted by molar-refractivity contribution is 5.47. The monoisotopic (exact) mass is 372 g/mol.